The zero-order valence-corrected chi connectivity index (χ0v) is 36.5. The first-order valence-electron chi connectivity index (χ1n) is 22.8. The van der Waals surface area contributed by atoms with E-state index in [1.807, 2.05) is 12.1 Å². The molecule has 0 heterocycles. The van der Waals surface area contributed by atoms with Crippen molar-refractivity contribution in [3.63, 3.8) is 0 Å². The molecule has 7 heteroatoms. The smallest absolute Gasteiger partial charge is 0.308 e. The van der Waals surface area contributed by atoms with E-state index in [1.54, 1.807) is 0 Å². The van der Waals surface area contributed by atoms with Crippen molar-refractivity contribution in [3.05, 3.63) is 36.4 Å². The minimum absolute atomic E-state index is 0.373. The molecule has 4 rings (SSSR count). The first kappa shape index (κ1) is 45.8. The Balaban J connectivity index is 1.99. The van der Waals surface area contributed by atoms with Crippen molar-refractivity contribution in [2.75, 3.05) is 33.0 Å². The number of unbranched alkanes of at least 4 members (excludes halogenated alkanes) is 15. The highest BCUT2D eigenvalue weighted by atomic mass is 16.5. The molecule has 0 fully saturated rings. The van der Waals surface area contributed by atoms with Gasteiger partial charge in [-0.15, -0.1) is 0 Å². The van der Waals surface area contributed by atoms with Crippen LogP contribution in [0.2, 0.25) is 0 Å². The van der Waals surface area contributed by atoms with Gasteiger partial charge in [0.05, 0.1) is 33.0 Å². The number of esters is 1. The summed E-state index contributed by atoms with van der Waals surface area (Å²) < 4.78 is 38.8. The van der Waals surface area contributed by atoms with Crippen LogP contribution in [0.5, 0.6) is 34.5 Å². The summed E-state index contributed by atoms with van der Waals surface area (Å²) in [6.45, 7) is 15.6. The molecular formula is C50H74O7. The molecule has 0 N–H and O–H groups in total. The number of carbonyl (C=O) groups is 1. The molecule has 0 saturated carbocycles. The zero-order chi connectivity index (χ0) is 40.7. The molecule has 4 aromatic rings. The summed E-state index contributed by atoms with van der Waals surface area (Å²) in [5, 5.41) is 5.90. The lowest BCUT2D eigenvalue weighted by Gasteiger charge is -2.21. The molecule has 316 valence electrons. The Labute approximate surface area is 344 Å². The number of benzene rings is 4. The van der Waals surface area contributed by atoms with E-state index in [-0.39, 0.29) is 5.97 Å². The SMILES string of the molecule is CCCCCCOc1cc2c(cc1OCCCCCC)c1cc(OC(C)=O)cc(OCCCCCC)c1c1cc(OCCCCCC)c(OCCCCCC)cc21. The van der Waals surface area contributed by atoms with Crippen LogP contribution in [-0.4, -0.2) is 39.0 Å². The third-order valence-corrected chi connectivity index (χ3v) is 10.6. The summed E-state index contributed by atoms with van der Waals surface area (Å²) in [4.78, 5) is 12.4. The average Bonchev–Trinajstić information content (AvgIpc) is 3.20. The summed E-state index contributed by atoms with van der Waals surface area (Å²) in [6, 6.07) is 12.4. The van der Waals surface area contributed by atoms with E-state index in [2.05, 4.69) is 58.9 Å². The molecular weight excluding hydrogens is 713 g/mol. The van der Waals surface area contributed by atoms with Crippen molar-refractivity contribution in [1.29, 1.82) is 0 Å². The van der Waals surface area contributed by atoms with E-state index in [1.165, 1.54) is 58.3 Å². The highest BCUT2D eigenvalue weighted by molar-refractivity contribution is 6.28. The fourth-order valence-electron chi connectivity index (χ4n) is 7.42. The molecule has 57 heavy (non-hydrogen) atoms. The van der Waals surface area contributed by atoms with E-state index in [0.29, 0.717) is 44.5 Å². The molecule has 0 spiro atoms. The first-order chi connectivity index (χ1) is 27.9. The largest absolute Gasteiger partial charge is 0.493 e. The lowest BCUT2D eigenvalue weighted by Crippen LogP contribution is -2.05. The Kier molecular flexibility index (Phi) is 21.1. The number of rotatable bonds is 31. The van der Waals surface area contributed by atoms with Gasteiger partial charge in [0.25, 0.3) is 0 Å². The molecule has 0 aromatic heterocycles. The van der Waals surface area contributed by atoms with Crippen LogP contribution in [0.1, 0.15) is 170 Å². The number of hydrogen-bond acceptors (Lipinski definition) is 7. The van der Waals surface area contributed by atoms with E-state index >= 15 is 0 Å². The van der Waals surface area contributed by atoms with Crippen molar-refractivity contribution in [1.82, 2.24) is 0 Å². The van der Waals surface area contributed by atoms with Gasteiger partial charge >= 0.3 is 5.97 Å². The molecule has 0 aliphatic carbocycles. The van der Waals surface area contributed by atoms with Crippen molar-refractivity contribution in [3.8, 4) is 34.5 Å². The Morgan fingerprint density at radius 1 is 0.368 bits per heavy atom. The monoisotopic (exact) mass is 787 g/mol. The van der Waals surface area contributed by atoms with Crippen LogP contribution in [0, 0.1) is 0 Å². The highest BCUT2D eigenvalue weighted by Crippen LogP contribution is 2.48. The van der Waals surface area contributed by atoms with Gasteiger partial charge in [-0.1, -0.05) is 131 Å². The topological polar surface area (TPSA) is 72.5 Å². The Morgan fingerprint density at radius 3 is 1.00 bits per heavy atom. The van der Waals surface area contributed by atoms with Gasteiger partial charge in [-0.05, 0) is 89.4 Å². The van der Waals surface area contributed by atoms with Crippen LogP contribution < -0.4 is 28.4 Å². The minimum atomic E-state index is -0.373. The van der Waals surface area contributed by atoms with Crippen LogP contribution >= 0.6 is 0 Å². The number of hydrogen-bond donors (Lipinski definition) is 0. The van der Waals surface area contributed by atoms with Crippen molar-refractivity contribution in [2.24, 2.45) is 0 Å². The Bertz CT molecular complexity index is 1780. The average molecular weight is 787 g/mol. The van der Waals surface area contributed by atoms with Crippen LogP contribution in [0.25, 0.3) is 32.3 Å². The zero-order valence-electron chi connectivity index (χ0n) is 36.5. The maximum Gasteiger partial charge on any atom is 0.308 e. The van der Waals surface area contributed by atoms with Crippen molar-refractivity contribution < 1.29 is 33.2 Å². The molecule has 0 amide bonds. The fraction of sp³-hybridized carbons (Fsp3) is 0.620. The molecule has 0 saturated heterocycles. The molecule has 0 atom stereocenters. The van der Waals surface area contributed by atoms with Gasteiger partial charge in [0.2, 0.25) is 0 Å². The van der Waals surface area contributed by atoms with Gasteiger partial charge < -0.3 is 28.4 Å². The van der Waals surface area contributed by atoms with E-state index < -0.39 is 0 Å². The summed E-state index contributed by atoms with van der Waals surface area (Å²) in [7, 11) is 0. The summed E-state index contributed by atoms with van der Waals surface area (Å²) in [5.41, 5.74) is 0. The highest BCUT2D eigenvalue weighted by Gasteiger charge is 2.21. The van der Waals surface area contributed by atoms with Gasteiger partial charge in [-0.2, -0.15) is 0 Å². The number of fused-ring (bicyclic) bond motifs is 6. The number of ether oxygens (including phenoxy) is 6. The normalized spacial score (nSPS) is 11.4. The molecule has 0 unspecified atom stereocenters. The molecule has 0 bridgehead atoms. The van der Waals surface area contributed by atoms with Crippen molar-refractivity contribution in [2.45, 2.75) is 170 Å². The molecule has 0 radical (unpaired) electrons. The lowest BCUT2D eigenvalue weighted by molar-refractivity contribution is -0.131. The maximum absolute atomic E-state index is 12.4. The predicted molar refractivity (Wildman–Crippen MR) is 238 cm³/mol. The Hall–Kier alpha value is -3.87. The third kappa shape index (κ3) is 14.5. The Morgan fingerprint density at radius 2 is 0.667 bits per heavy atom. The fourth-order valence-corrected chi connectivity index (χ4v) is 7.42. The van der Waals surface area contributed by atoms with E-state index in [4.69, 9.17) is 28.4 Å². The van der Waals surface area contributed by atoms with Crippen LogP contribution in [0.4, 0.5) is 0 Å². The molecule has 7 nitrogen and oxygen atoms in total. The lowest BCUT2D eigenvalue weighted by atomic mass is 9.92. The minimum Gasteiger partial charge on any atom is -0.493 e. The van der Waals surface area contributed by atoms with Crippen LogP contribution in [0.3, 0.4) is 0 Å². The van der Waals surface area contributed by atoms with E-state index in [0.717, 1.165) is 132 Å². The van der Waals surface area contributed by atoms with Gasteiger partial charge in [-0.25, -0.2) is 0 Å². The second kappa shape index (κ2) is 26.2. The van der Waals surface area contributed by atoms with Gasteiger partial charge in [0.15, 0.2) is 23.0 Å². The molecule has 0 aliphatic heterocycles. The van der Waals surface area contributed by atoms with Crippen LogP contribution in [-0.2, 0) is 4.79 Å². The summed E-state index contributed by atoms with van der Waals surface area (Å²) in [5.74, 6) is 3.75. The van der Waals surface area contributed by atoms with Gasteiger partial charge in [0.1, 0.15) is 11.5 Å². The third-order valence-electron chi connectivity index (χ3n) is 10.6. The summed E-state index contributed by atoms with van der Waals surface area (Å²) in [6.07, 6.45) is 22.3. The second-order valence-electron chi connectivity index (χ2n) is 15.7. The number of carbonyl (C=O) groups excluding carboxylic acids is 1. The quantitative estimate of drug-likeness (QED) is 0.0218. The van der Waals surface area contributed by atoms with Gasteiger partial charge in [-0.3, -0.25) is 4.79 Å². The molecule has 4 aromatic carbocycles. The van der Waals surface area contributed by atoms with Crippen molar-refractivity contribution >= 4 is 38.3 Å². The predicted octanol–water partition coefficient (Wildman–Crippen LogP) is 14.9. The maximum atomic E-state index is 12.4. The summed E-state index contributed by atoms with van der Waals surface area (Å²) >= 11 is 0. The molecule has 0 aliphatic rings. The first-order valence-corrected chi connectivity index (χ1v) is 22.8. The second-order valence-corrected chi connectivity index (χ2v) is 15.7. The van der Waals surface area contributed by atoms with E-state index in [9.17, 15) is 4.79 Å². The van der Waals surface area contributed by atoms with Crippen LogP contribution in [0.15, 0.2) is 36.4 Å². The van der Waals surface area contributed by atoms with Gasteiger partial charge in [0, 0.05) is 18.4 Å². The standard InChI is InChI=1S/C50H74O7/c1-7-12-17-22-27-52-45-34-40-41(35-46(45)53-28-23-18-13-8-2)43-32-39(57-38(6)51)33-49(56-31-26-21-16-11-5)50(43)44-37-48(55-30-25-20-15-10-4)47(36-42(40)44)54-29-24-19-14-9-3/h32-37H,7-31H2,1-6H3.